The number of carbonyl (C=O) groups is 6. The van der Waals surface area contributed by atoms with Crippen molar-refractivity contribution in [2.75, 3.05) is 58.9 Å². The first-order valence-electron chi connectivity index (χ1n) is 24.0. The maximum Gasteiger partial charge on any atom is 0.407 e. The average Bonchev–Trinajstić information content (AvgIpc) is 3.91. The van der Waals surface area contributed by atoms with Gasteiger partial charge in [-0.25, -0.2) is 15.8 Å². The highest BCUT2D eigenvalue weighted by atomic mass is 16.5. The minimum absolute atomic E-state index is 0.0560. The SMILES string of the molecule is CC(C)N(CC1CN[C@H](C(=O)N2CCC(c3ccccc3)CC2)C(C(=O)NO)C1)C(=O)O.Cc1cc(C#N)ccc1C1CCN(C(=O)[C@H]2NC[C@H](CC(=O)N3CCCC3)C[C@@H]2C(=O)NO)CC1. The Labute approximate surface area is 393 Å². The largest absolute Gasteiger partial charge is 0.465 e. The van der Waals surface area contributed by atoms with Crippen molar-refractivity contribution in [1.82, 2.24) is 41.2 Å². The van der Waals surface area contributed by atoms with Crippen molar-refractivity contribution in [2.24, 2.45) is 23.7 Å². The molecule has 5 fully saturated rings. The molecule has 7 rings (SSSR count). The van der Waals surface area contributed by atoms with E-state index in [9.17, 15) is 44.3 Å². The van der Waals surface area contributed by atoms with Gasteiger partial charge >= 0.3 is 6.09 Å². The topological polar surface area (TPSA) is 248 Å². The summed E-state index contributed by atoms with van der Waals surface area (Å²) >= 11 is 0. The summed E-state index contributed by atoms with van der Waals surface area (Å²) in [6.45, 7) is 10.8. The molecule has 5 aliphatic rings. The van der Waals surface area contributed by atoms with E-state index in [0.717, 1.165) is 57.2 Å². The Balaban J connectivity index is 0.000000222. The second-order valence-corrected chi connectivity index (χ2v) is 19.3. The highest BCUT2D eigenvalue weighted by molar-refractivity contribution is 5.91. The molecule has 6 atom stereocenters. The van der Waals surface area contributed by atoms with Crippen molar-refractivity contribution in [3.05, 3.63) is 70.8 Å². The number of hydroxylamine groups is 2. The van der Waals surface area contributed by atoms with Gasteiger partial charge in [-0.3, -0.25) is 34.4 Å². The molecule has 6 amide bonds. The van der Waals surface area contributed by atoms with Gasteiger partial charge < -0.3 is 35.3 Å². The lowest BCUT2D eigenvalue weighted by Gasteiger charge is -2.41. The molecule has 5 aliphatic heterocycles. The van der Waals surface area contributed by atoms with Gasteiger partial charge in [-0.1, -0.05) is 36.4 Å². The fourth-order valence-corrected chi connectivity index (χ4v) is 10.8. The van der Waals surface area contributed by atoms with Crippen LogP contribution in [-0.4, -0.2) is 148 Å². The van der Waals surface area contributed by atoms with E-state index in [2.05, 4.69) is 28.8 Å². The molecule has 364 valence electrons. The molecule has 18 nitrogen and oxygen atoms in total. The molecule has 0 radical (unpaired) electrons. The number of likely N-dealkylation sites (tertiary alicyclic amines) is 3. The van der Waals surface area contributed by atoms with Gasteiger partial charge in [0.15, 0.2) is 0 Å². The van der Waals surface area contributed by atoms with E-state index in [1.54, 1.807) is 34.6 Å². The van der Waals surface area contributed by atoms with Crippen LogP contribution in [0.25, 0.3) is 0 Å². The second-order valence-electron chi connectivity index (χ2n) is 19.3. The summed E-state index contributed by atoms with van der Waals surface area (Å²) in [5.74, 6) is -2.31. The molecule has 5 heterocycles. The van der Waals surface area contributed by atoms with E-state index >= 15 is 0 Å². The van der Waals surface area contributed by atoms with E-state index in [0.29, 0.717) is 75.9 Å². The normalized spacial score (nSPS) is 24.8. The van der Waals surface area contributed by atoms with Crippen molar-refractivity contribution < 1.29 is 44.3 Å². The predicted molar refractivity (Wildman–Crippen MR) is 246 cm³/mol. The van der Waals surface area contributed by atoms with Crippen molar-refractivity contribution in [2.45, 2.75) is 109 Å². The van der Waals surface area contributed by atoms with Crippen LogP contribution >= 0.6 is 0 Å². The lowest BCUT2D eigenvalue weighted by Crippen LogP contribution is -2.60. The number of hydrogen-bond acceptors (Lipinski definition) is 11. The van der Waals surface area contributed by atoms with Crippen molar-refractivity contribution in [3.63, 3.8) is 0 Å². The van der Waals surface area contributed by atoms with Crippen LogP contribution in [0.15, 0.2) is 48.5 Å². The van der Waals surface area contributed by atoms with Crippen LogP contribution in [0, 0.1) is 41.9 Å². The van der Waals surface area contributed by atoms with Gasteiger partial charge in [0.2, 0.25) is 29.5 Å². The summed E-state index contributed by atoms with van der Waals surface area (Å²) in [5.41, 5.74) is 7.66. The molecule has 2 unspecified atom stereocenters. The molecule has 18 heteroatoms. The smallest absolute Gasteiger partial charge is 0.407 e. The lowest BCUT2D eigenvalue weighted by molar-refractivity contribution is -0.145. The first-order valence-corrected chi connectivity index (χ1v) is 24.0. The van der Waals surface area contributed by atoms with Gasteiger partial charge in [0, 0.05) is 64.8 Å². The average molecular weight is 928 g/mol. The molecule has 5 saturated heterocycles. The Hall–Kier alpha value is -5.61. The highest BCUT2D eigenvalue weighted by Crippen LogP contribution is 2.34. The summed E-state index contributed by atoms with van der Waals surface area (Å²) in [6, 6.07) is 16.6. The molecule has 0 spiro atoms. The number of nitrogens with zero attached hydrogens (tertiary/aromatic N) is 5. The Morgan fingerprint density at radius 1 is 0.746 bits per heavy atom. The summed E-state index contributed by atoms with van der Waals surface area (Å²) in [4.78, 5) is 82.5. The molecule has 0 aromatic heterocycles. The number of carboxylic acid groups (broad SMARTS) is 1. The maximum atomic E-state index is 13.4. The first-order chi connectivity index (χ1) is 32.2. The minimum Gasteiger partial charge on any atom is -0.465 e. The number of rotatable bonds is 11. The number of benzene rings is 2. The zero-order valence-corrected chi connectivity index (χ0v) is 39.1. The summed E-state index contributed by atoms with van der Waals surface area (Å²) in [6.07, 6.45) is 5.46. The number of piperidine rings is 4. The van der Waals surface area contributed by atoms with E-state index < -0.39 is 41.8 Å². The zero-order valence-electron chi connectivity index (χ0n) is 39.1. The van der Waals surface area contributed by atoms with E-state index in [-0.39, 0.29) is 42.1 Å². The van der Waals surface area contributed by atoms with Gasteiger partial charge in [0.05, 0.1) is 35.6 Å². The number of nitrogens with one attached hydrogen (secondary N) is 4. The number of hydrogen-bond donors (Lipinski definition) is 7. The van der Waals surface area contributed by atoms with Gasteiger partial charge in [0.25, 0.3) is 0 Å². The minimum atomic E-state index is -1.01. The van der Waals surface area contributed by atoms with Gasteiger partial charge in [0.1, 0.15) is 0 Å². The van der Waals surface area contributed by atoms with Crippen LogP contribution in [0.1, 0.15) is 106 Å². The number of aryl methyl sites for hydroxylation is 1. The fraction of sp³-hybridized carbons (Fsp3) is 0.612. The monoisotopic (exact) mass is 928 g/mol. The molecule has 7 N–H and O–H groups in total. The molecule has 0 bridgehead atoms. The number of nitriles is 1. The van der Waals surface area contributed by atoms with Crippen molar-refractivity contribution >= 4 is 35.6 Å². The summed E-state index contributed by atoms with van der Waals surface area (Å²) in [5, 5.41) is 43.5. The third-order valence-corrected chi connectivity index (χ3v) is 14.6. The fourth-order valence-electron chi connectivity index (χ4n) is 10.8. The quantitative estimate of drug-likeness (QED) is 0.126. The second kappa shape index (κ2) is 23.9. The van der Waals surface area contributed by atoms with Gasteiger partial charge in [-0.05, 0) is 131 Å². The Kier molecular flexibility index (Phi) is 18.1. The van der Waals surface area contributed by atoms with Crippen molar-refractivity contribution in [1.29, 1.82) is 5.26 Å². The highest BCUT2D eigenvalue weighted by Gasteiger charge is 2.44. The zero-order chi connectivity index (χ0) is 48.2. The summed E-state index contributed by atoms with van der Waals surface area (Å²) in [7, 11) is 0. The van der Waals surface area contributed by atoms with E-state index in [4.69, 9.17) is 5.26 Å². The van der Waals surface area contributed by atoms with Crippen LogP contribution < -0.4 is 21.6 Å². The number of amides is 6. The Bertz CT molecular complexity index is 2080. The molecule has 0 saturated carbocycles. The van der Waals surface area contributed by atoms with Gasteiger partial charge in [-0.15, -0.1) is 0 Å². The molecular weight excluding hydrogens is 859 g/mol. The van der Waals surface area contributed by atoms with Crippen LogP contribution in [0.3, 0.4) is 0 Å². The van der Waals surface area contributed by atoms with Crippen LogP contribution in [0.4, 0.5) is 4.79 Å². The van der Waals surface area contributed by atoms with Crippen molar-refractivity contribution in [3.8, 4) is 6.07 Å². The maximum absolute atomic E-state index is 13.4. The molecule has 0 aliphatic carbocycles. The summed E-state index contributed by atoms with van der Waals surface area (Å²) < 4.78 is 0. The van der Waals surface area contributed by atoms with Crippen LogP contribution in [-0.2, 0) is 24.0 Å². The van der Waals surface area contributed by atoms with Crippen LogP contribution in [0.5, 0.6) is 0 Å². The third-order valence-electron chi connectivity index (χ3n) is 14.6. The van der Waals surface area contributed by atoms with E-state index in [1.807, 2.05) is 48.2 Å². The van der Waals surface area contributed by atoms with Crippen LogP contribution in [0.2, 0.25) is 0 Å². The third kappa shape index (κ3) is 12.9. The molecule has 67 heavy (non-hydrogen) atoms. The Morgan fingerprint density at radius 3 is 1.76 bits per heavy atom. The van der Waals surface area contributed by atoms with E-state index in [1.165, 1.54) is 16.0 Å². The predicted octanol–water partition coefficient (Wildman–Crippen LogP) is 3.57. The first kappa shape index (κ1) is 50.8. The lowest BCUT2D eigenvalue weighted by atomic mass is 9.81. The molecule has 2 aromatic carbocycles. The van der Waals surface area contributed by atoms with Gasteiger partial charge in [-0.2, -0.15) is 5.26 Å². The standard InChI is InChI=1S/C26H35N5O4.C23H34N4O5/c1-17-12-18(15-27)4-5-21(17)20-6-10-31(11-7-20)26(34)24-22(25(33)29-35)13-19(16-28-24)14-23(32)30-8-2-3-9-30;1-15(2)27(23(30)31)14-16-12-19(21(28)25-32)20(24-13-16)22(29)26-10-8-18(9-11-26)17-6-4-3-5-7-17/h4-5,12,19-20,22,24,28,35H,2-3,6-11,13-14,16H2,1H3,(H,29,33);3-7,15-16,18-20,24,32H,8-14H2,1-2H3,(H,25,28)(H,30,31)/t19-,22-,24-;16?,19?,20-/m00/s1. The molecule has 2 aromatic rings. The number of carbonyl (C=O) groups excluding carboxylic acids is 5. The Morgan fingerprint density at radius 2 is 1.27 bits per heavy atom. The molecular formula is C49H69N9O9.